The number of aryl methyl sites for hydroxylation is 1. The summed E-state index contributed by atoms with van der Waals surface area (Å²) in [6.45, 7) is 0.543. The van der Waals surface area contributed by atoms with Gasteiger partial charge in [0.05, 0.1) is 5.39 Å². The average Bonchev–Trinajstić information content (AvgIpc) is 3.06. The summed E-state index contributed by atoms with van der Waals surface area (Å²) in [5.41, 5.74) is 0.779. The summed E-state index contributed by atoms with van der Waals surface area (Å²) >= 11 is 0. The number of aliphatic carboxylic acids is 1. The fraction of sp³-hybridized carbons (Fsp3) is 0.214. The molecular formula is C14H14N4O2. The third kappa shape index (κ3) is 2.27. The van der Waals surface area contributed by atoms with E-state index < -0.39 is 5.97 Å². The van der Waals surface area contributed by atoms with E-state index in [4.69, 9.17) is 5.11 Å². The van der Waals surface area contributed by atoms with Crippen molar-refractivity contribution in [3.8, 4) is 5.82 Å². The first-order chi connectivity index (χ1) is 9.75. The molecular weight excluding hydrogens is 256 g/mol. The number of carboxylic acid groups (broad SMARTS) is 1. The average molecular weight is 270 g/mol. The number of pyridine rings is 1. The van der Waals surface area contributed by atoms with Gasteiger partial charge in [-0.1, -0.05) is 0 Å². The van der Waals surface area contributed by atoms with Gasteiger partial charge in [0.15, 0.2) is 11.5 Å². The molecule has 1 N–H and O–H groups in total. The van der Waals surface area contributed by atoms with E-state index in [1.807, 2.05) is 41.2 Å². The second kappa shape index (κ2) is 5.16. The van der Waals surface area contributed by atoms with Crippen molar-refractivity contribution in [3.63, 3.8) is 0 Å². The van der Waals surface area contributed by atoms with E-state index in [-0.39, 0.29) is 6.42 Å². The van der Waals surface area contributed by atoms with Gasteiger partial charge in [-0.05, 0) is 30.7 Å². The smallest absolute Gasteiger partial charge is 0.303 e. The zero-order valence-corrected chi connectivity index (χ0v) is 10.8. The van der Waals surface area contributed by atoms with Crippen LogP contribution in [-0.2, 0) is 11.3 Å². The Labute approximate surface area is 115 Å². The minimum Gasteiger partial charge on any atom is -0.481 e. The van der Waals surface area contributed by atoms with Gasteiger partial charge in [-0.15, -0.1) is 0 Å². The standard InChI is InChI=1S/C14H14N4O2/c19-12(20)6-4-10-18-13-11(5-3-7-15-13)14(16-18)17-8-1-2-9-17/h1-3,5,7-9H,4,6,10H2,(H,19,20). The van der Waals surface area contributed by atoms with Crippen LogP contribution in [0, 0.1) is 0 Å². The van der Waals surface area contributed by atoms with Gasteiger partial charge in [0.25, 0.3) is 0 Å². The molecule has 3 rings (SSSR count). The van der Waals surface area contributed by atoms with Gasteiger partial charge in [0.2, 0.25) is 0 Å². The van der Waals surface area contributed by atoms with Crippen LogP contribution < -0.4 is 0 Å². The number of hydrogen-bond donors (Lipinski definition) is 1. The van der Waals surface area contributed by atoms with Crippen molar-refractivity contribution in [2.45, 2.75) is 19.4 Å². The minimum absolute atomic E-state index is 0.132. The molecule has 0 aromatic carbocycles. The number of fused-ring (bicyclic) bond motifs is 1. The fourth-order valence-electron chi connectivity index (χ4n) is 2.20. The molecule has 20 heavy (non-hydrogen) atoms. The lowest BCUT2D eigenvalue weighted by Gasteiger charge is -2.00. The van der Waals surface area contributed by atoms with Crippen molar-refractivity contribution < 1.29 is 9.90 Å². The summed E-state index contributed by atoms with van der Waals surface area (Å²) in [6.07, 6.45) is 6.24. The van der Waals surface area contributed by atoms with Crippen molar-refractivity contribution in [2.24, 2.45) is 0 Å². The number of hydrogen-bond acceptors (Lipinski definition) is 3. The largest absolute Gasteiger partial charge is 0.481 e. The van der Waals surface area contributed by atoms with E-state index in [0.29, 0.717) is 13.0 Å². The lowest BCUT2D eigenvalue weighted by Crippen LogP contribution is -2.04. The third-order valence-electron chi connectivity index (χ3n) is 3.10. The van der Waals surface area contributed by atoms with E-state index in [2.05, 4.69) is 10.1 Å². The SMILES string of the molecule is O=C(O)CCCn1nc(-n2cccc2)c2cccnc21. The van der Waals surface area contributed by atoms with Crippen molar-refractivity contribution in [2.75, 3.05) is 0 Å². The van der Waals surface area contributed by atoms with E-state index >= 15 is 0 Å². The van der Waals surface area contributed by atoms with Crippen LogP contribution in [0.1, 0.15) is 12.8 Å². The molecule has 0 saturated heterocycles. The van der Waals surface area contributed by atoms with E-state index in [9.17, 15) is 4.79 Å². The molecule has 3 aromatic heterocycles. The highest BCUT2D eigenvalue weighted by molar-refractivity contribution is 5.83. The number of rotatable bonds is 5. The van der Waals surface area contributed by atoms with Crippen molar-refractivity contribution in [1.29, 1.82) is 0 Å². The van der Waals surface area contributed by atoms with Crippen LogP contribution in [0.5, 0.6) is 0 Å². The Morgan fingerprint density at radius 1 is 1.25 bits per heavy atom. The zero-order valence-electron chi connectivity index (χ0n) is 10.8. The topological polar surface area (TPSA) is 72.9 Å². The Morgan fingerprint density at radius 2 is 2.05 bits per heavy atom. The zero-order chi connectivity index (χ0) is 13.9. The molecule has 0 spiro atoms. The molecule has 0 aliphatic rings. The number of carboxylic acids is 1. The summed E-state index contributed by atoms with van der Waals surface area (Å²) < 4.78 is 3.70. The quantitative estimate of drug-likeness (QED) is 0.770. The number of nitrogens with zero attached hydrogens (tertiary/aromatic N) is 4. The van der Waals surface area contributed by atoms with Crippen LogP contribution in [-0.4, -0.2) is 30.4 Å². The molecule has 0 fully saturated rings. The third-order valence-corrected chi connectivity index (χ3v) is 3.10. The molecule has 0 radical (unpaired) electrons. The highest BCUT2D eigenvalue weighted by Crippen LogP contribution is 2.20. The normalized spacial score (nSPS) is 11.0. The lowest BCUT2D eigenvalue weighted by atomic mass is 10.3. The van der Waals surface area contributed by atoms with Crippen molar-refractivity contribution in [1.82, 2.24) is 19.3 Å². The Morgan fingerprint density at radius 3 is 2.80 bits per heavy atom. The Bertz CT molecular complexity index is 731. The molecule has 0 aliphatic heterocycles. The van der Waals surface area contributed by atoms with Gasteiger partial charge in [0, 0.05) is 31.6 Å². The molecule has 0 aliphatic carbocycles. The maximum absolute atomic E-state index is 10.6. The molecule has 102 valence electrons. The first-order valence-electron chi connectivity index (χ1n) is 6.42. The van der Waals surface area contributed by atoms with Crippen molar-refractivity contribution >= 4 is 17.0 Å². The monoisotopic (exact) mass is 270 g/mol. The Hall–Kier alpha value is -2.63. The predicted octanol–water partition coefficient (Wildman–Crippen LogP) is 2.09. The number of aromatic nitrogens is 4. The first kappa shape index (κ1) is 12.4. The van der Waals surface area contributed by atoms with Crippen molar-refractivity contribution in [3.05, 3.63) is 42.9 Å². The van der Waals surface area contributed by atoms with E-state index in [1.165, 1.54) is 0 Å². The molecule has 3 aromatic rings. The first-order valence-corrected chi connectivity index (χ1v) is 6.42. The lowest BCUT2D eigenvalue weighted by molar-refractivity contribution is -0.137. The highest BCUT2D eigenvalue weighted by Gasteiger charge is 2.12. The maximum atomic E-state index is 10.6. The molecule has 0 atom stereocenters. The van der Waals surface area contributed by atoms with Crippen LogP contribution in [0.25, 0.3) is 16.9 Å². The summed E-state index contributed by atoms with van der Waals surface area (Å²) in [5, 5.41) is 14.2. The van der Waals surface area contributed by atoms with Crippen LogP contribution in [0.4, 0.5) is 0 Å². The van der Waals surface area contributed by atoms with Gasteiger partial charge in [-0.25, -0.2) is 9.67 Å². The molecule has 6 nitrogen and oxygen atoms in total. The van der Waals surface area contributed by atoms with E-state index in [1.54, 1.807) is 10.9 Å². The molecule has 0 unspecified atom stereocenters. The number of carbonyl (C=O) groups is 1. The Balaban J connectivity index is 1.98. The van der Waals surface area contributed by atoms with Gasteiger partial charge < -0.3 is 9.67 Å². The second-order valence-corrected chi connectivity index (χ2v) is 4.51. The van der Waals surface area contributed by atoms with Gasteiger partial charge in [-0.2, -0.15) is 5.10 Å². The van der Waals surface area contributed by atoms with Crippen LogP contribution in [0.15, 0.2) is 42.9 Å². The van der Waals surface area contributed by atoms with Crippen LogP contribution >= 0.6 is 0 Å². The summed E-state index contributed by atoms with van der Waals surface area (Å²) in [7, 11) is 0. The molecule has 0 bridgehead atoms. The Kier molecular flexibility index (Phi) is 3.20. The highest BCUT2D eigenvalue weighted by atomic mass is 16.4. The minimum atomic E-state index is -0.792. The van der Waals surface area contributed by atoms with Crippen LogP contribution in [0.3, 0.4) is 0 Å². The van der Waals surface area contributed by atoms with Crippen LogP contribution in [0.2, 0.25) is 0 Å². The van der Waals surface area contributed by atoms with E-state index in [0.717, 1.165) is 16.9 Å². The molecule has 3 heterocycles. The van der Waals surface area contributed by atoms with Gasteiger partial charge >= 0.3 is 5.97 Å². The predicted molar refractivity (Wildman–Crippen MR) is 73.7 cm³/mol. The summed E-state index contributed by atoms with van der Waals surface area (Å²) in [6, 6.07) is 7.72. The second-order valence-electron chi connectivity index (χ2n) is 4.51. The molecule has 0 saturated carbocycles. The van der Waals surface area contributed by atoms with Gasteiger partial charge in [0.1, 0.15) is 0 Å². The molecule has 0 amide bonds. The maximum Gasteiger partial charge on any atom is 0.303 e. The summed E-state index contributed by atoms with van der Waals surface area (Å²) in [4.78, 5) is 14.9. The fourth-order valence-corrected chi connectivity index (χ4v) is 2.20. The summed E-state index contributed by atoms with van der Waals surface area (Å²) in [5.74, 6) is 0.0217. The van der Waals surface area contributed by atoms with Gasteiger partial charge in [-0.3, -0.25) is 4.79 Å². The molecule has 6 heteroatoms.